The molecule has 118 valence electrons. The smallest absolute Gasteiger partial charge is 0.258 e. The second-order valence-corrected chi connectivity index (χ2v) is 6.51. The highest BCUT2D eigenvalue weighted by molar-refractivity contribution is 7.09. The van der Waals surface area contributed by atoms with Crippen molar-refractivity contribution in [3.8, 4) is 5.75 Å². The number of hydrogen-bond donors (Lipinski definition) is 1. The number of ether oxygens (including phenoxy) is 1. The maximum absolute atomic E-state index is 12.2. The number of thiophene rings is 1. The van der Waals surface area contributed by atoms with Crippen molar-refractivity contribution in [1.29, 1.82) is 0 Å². The predicted octanol–water partition coefficient (Wildman–Crippen LogP) is 3.08. The first-order valence-electron chi connectivity index (χ1n) is 7.04. The zero-order valence-electron chi connectivity index (χ0n) is 12.2. The van der Waals surface area contributed by atoms with E-state index in [0.29, 0.717) is 5.75 Å². The largest absolute Gasteiger partial charge is 0.482 e. The molecule has 3 aromatic heterocycles. The van der Waals surface area contributed by atoms with E-state index in [1.807, 2.05) is 10.8 Å². The lowest BCUT2D eigenvalue weighted by atomic mass is 10.1. The van der Waals surface area contributed by atoms with E-state index in [9.17, 15) is 4.79 Å². The van der Waals surface area contributed by atoms with Crippen molar-refractivity contribution in [2.45, 2.75) is 12.5 Å². The van der Waals surface area contributed by atoms with Gasteiger partial charge in [-0.2, -0.15) is 11.3 Å². The van der Waals surface area contributed by atoms with Crippen molar-refractivity contribution in [2.24, 2.45) is 0 Å². The first-order chi connectivity index (χ1) is 11.3. The fourth-order valence-corrected chi connectivity index (χ4v) is 3.44. The lowest BCUT2D eigenvalue weighted by molar-refractivity contribution is -0.123. The van der Waals surface area contributed by atoms with Gasteiger partial charge in [0, 0.05) is 24.2 Å². The molecule has 1 unspecified atom stereocenters. The number of amides is 1. The van der Waals surface area contributed by atoms with Gasteiger partial charge in [0.1, 0.15) is 10.8 Å². The molecule has 0 saturated carbocycles. The van der Waals surface area contributed by atoms with Crippen LogP contribution in [0, 0.1) is 0 Å². The van der Waals surface area contributed by atoms with Gasteiger partial charge < -0.3 is 10.1 Å². The normalized spacial score (nSPS) is 11.8. The van der Waals surface area contributed by atoms with E-state index in [0.717, 1.165) is 11.4 Å². The highest BCUT2D eigenvalue weighted by Gasteiger charge is 2.18. The summed E-state index contributed by atoms with van der Waals surface area (Å²) < 4.78 is 5.43. The van der Waals surface area contributed by atoms with Crippen molar-refractivity contribution in [1.82, 2.24) is 15.3 Å². The van der Waals surface area contributed by atoms with Crippen molar-refractivity contribution in [3.63, 3.8) is 0 Å². The maximum atomic E-state index is 12.2. The third-order valence-electron chi connectivity index (χ3n) is 3.11. The van der Waals surface area contributed by atoms with Crippen LogP contribution in [0.1, 0.15) is 16.6 Å². The van der Waals surface area contributed by atoms with Crippen LogP contribution in [-0.2, 0) is 11.2 Å². The van der Waals surface area contributed by atoms with Crippen LogP contribution in [0.2, 0.25) is 0 Å². The lowest BCUT2D eigenvalue weighted by Gasteiger charge is -2.16. The molecule has 3 heterocycles. The molecule has 0 aliphatic carbocycles. The fourth-order valence-electron chi connectivity index (χ4n) is 2.07. The molecule has 0 bridgehead atoms. The Morgan fingerprint density at radius 3 is 2.96 bits per heavy atom. The SMILES string of the molecule is O=C(COc1cccnc1)NC(Cc1ccsc1)c1nccs1. The van der Waals surface area contributed by atoms with Gasteiger partial charge in [-0.1, -0.05) is 0 Å². The summed E-state index contributed by atoms with van der Waals surface area (Å²) in [5.74, 6) is 0.399. The molecule has 7 heteroatoms. The minimum absolute atomic E-state index is 0.0444. The van der Waals surface area contributed by atoms with E-state index in [1.54, 1.807) is 42.1 Å². The average Bonchev–Trinajstić information content (AvgIpc) is 3.27. The number of hydrogen-bond acceptors (Lipinski definition) is 6. The first-order valence-corrected chi connectivity index (χ1v) is 8.86. The van der Waals surface area contributed by atoms with Gasteiger partial charge in [-0.25, -0.2) is 4.98 Å². The van der Waals surface area contributed by atoms with Crippen LogP contribution in [-0.4, -0.2) is 22.5 Å². The van der Waals surface area contributed by atoms with E-state index in [1.165, 1.54) is 16.9 Å². The van der Waals surface area contributed by atoms with Gasteiger partial charge in [0.05, 0.1) is 12.2 Å². The molecule has 3 aromatic rings. The number of nitrogens with one attached hydrogen (secondary N) is 1. The Bertz CT molecular complexity index is 715. The Morgan fingerprint density at radius 1 is 1.30 bits per heavy atom. The second-order valence-electron chi connectivity index (χ2n) is 4.80. The fraction of sp³-hybridized carbons (Fsp3) is 0.188. The third-order valence-corrected chi connectivity index (χ3v) is 4.73. The molecule has 0 fully saturated rings. The summed E-state index contributed by atoms with van der Waals surface area (Å²) in [4.78, 5) is 20.4. The molecule has 3 rings (SSSR count). The minimum Gasteiger partial charge on any atom is -0.482 e. The van der Waals surface area contributed by atoms with Crippen LogP contribution in [0.25, 0.3) is 0 Å². The first kappa shape index (κ1) is 15.6. The van der Waals surface area contributed by atoms with Crippen molar-refractivity contribution in [2.75, 3.05) is 6.61 Å². The summed E-state index contributed by atoms with van der Waals surface area (Å²) in [7, 11) is 0. The van der Waals surface area contributed by atoms with E-state index in [-0.39, 0.29) is 18.6 Å². The second kappa shape index (κ2) is 7.85. The zero-order chi connectivity index (χ0) is 15.9. The van der Waals surface area contributed by atoms with Gasteiger partial charge in [-0.15, -0.1) is 11.3 Å². The summed E-state index contributed by atoms with van der Waals surface area (Å²) in [6, 6.07) is 5.45. The van der Waals surface area contributed by atoms with E-state index in [4.69, 9.17) is 4.74 Å². The standard InChI is InChI=1S/C16H15N3O2S2/c20-15(10-21-13-2-1-4-17-9-13)19-14(16-18-5-7-23-16)8-12-3-6-22-11-12/h1-7,9,11,14H,8,10H2,(H,19,20). The van der Waals surface area contributed by atoms with Gasteiger partial charge in [-0.3, -0.25) is 9.78 Å². The topological polar surface area (TPSA) is 64.1 Å². The van der Waals surface area contributed by atoms with Crippen LogP contribution in [0.5, 0.6) is 5.75 Å². The van der Waals surface area contributed by atoms with Crippen LogP contribution in [0.3, 0.4) is 0 Å². The molecule has 1 amide bonds. The lowest BCUT2D eigenvalue weighted by Crippen LogP contribution is -2.33. The number of carbonyl (C=O) groups excluding carboxylic acids is 1. The molecule has 0 radical (unpaired) electrons. The van der Waals surface area contributed by atoms with Crippen molar-refractivity contribution >= 4 is 28.6 Å². The summed E-state index contributed by atoms with van der Waals surface area (Å²) in [5, 5.41) is 9.91. The highest BCUT2D eigenvalue weighted by atomic mass is 32.1. The Balaban J connectivity index is 1.60. The molecule has 0 aromatic carbocycles. The summed E-state index contributed by atoms with van der Waals surface area (Å²) in [6.07, 6.45) is 5.71. The zero-order valence-corrected chi connectivity index (χ0v) is 13.8. The Labute approximate surface area is 142 Å². The van der Waals surface area contributed by atoms with Gasteiger partial charge in [0.15, 0.2) is 6.61 Å². The molecule has 1 atom stereocenters. The van der Waals surface area contributed by atoms with Gasteiger partial charge in [0.2, 0.25) is 0 Å². The number of pyridine rings is 1. The molecule has 5 nitrogen and oxygen atoms in total. The molecule has 0 saturated heterocycles. The molecule has 23 heavy (non-hydrogen) atoms. The predicted molar refractivity (Wildman–Crippen MR) is 90.8 cm³/mol. The maximum Gasteiger partial charge on any atom is 0.258 e. The Hall–Kier alpha value is -2.25. The molecule has 0 aliphatic rings. The van der Waals surface area contributed by atoms with Crippen LogP contribution in [0.4, 0.5) is 0 Å². The molecule has 0 aliphatic heterocycles. The van der Waals surface area contributed by atoms with Gasteiger partial charge in [0.25, 0.3) is 5.91 Å². The van der Waals surface area contributed by atoms with E-state index >= 15 is 0 Å². The van der Waals surface area contributed by atoms with Gasteiger partial charge in [-0.05, 0) is 34.5 Å². The Kier molecular flexibility index (Phi) is 5.33. The average molecular weight is 345 g/mol. The number of aromatic nitrogens is 2. The molecule has 0 spiro atoms. The number of thiazole rings is 1. The molecule has 1 N–H and O–H groups in total. The number of carbonyl (C=O) groups is 1. The molecular formula is C16H15N3O2S2. The quantitative estimate of drug-likeness (QED) is 0.715. The van der Waals surface area contributed by atoms with Gasteiger partial charge >= 0.3 is 0 Å². The van der Waals surface area contributed by atoms with Crippen molar-refractivity contribution < 1.29 is 9.53 Å². The highest BCUT2D eigenvalue weighted by Crippen LogP contribution is 2.21. The molecular weight excluding hydrogens is 330 g/mol. The van der Waals surface area contributed by atoms with E-state index in [2.05, 4.69) is 26.7 Å². The van der Waals surface area contributed by atoms with Crippen molar-refractivity contribution in [3.05, 3.63) is 63.5 Å². The number of nitrogens with zero attached hydrogens (tertiary/aromatic N) is 2. The summed E-state index contributed by atoms with van der Waals surface area (Å²) in [6.45, 7) is -0.0444. The van der Waals surface area contributed by atoms with E-state index < -0.39 is 0 Å². The monoisotopic (exact) mass is 345 g/mol. The number of rotatable bonds is 7. The summed E-state index contributed by atoms with van der Waals surface area (Å²) >= 11 is 3.18. The van der Waals surface area contributed by atoms with Crippen LogP contribution >= 0.6 is 22.7 Å². The third kappa shape index (κ3) is 4.61. The summed E-state index contributed by atoms with van der Waals surface area (Å²) in [5.41, 5.74) is 1.18. The minimum atomic E-state index is -0.177. The van der Waals surface area contributed by atoms with Crippen LogP contribution < -0.4 is 10.1 Å². The Morgan fingerprint density at radius 2 is 2.26 bits per heavy atom. The van der Waals surface area contributed by atoms with Crippen LogP contribution in [0.15, 0.2) is 52.9 Å².